The first-order valence-corrected chi connectivity index (χ1v) is 9.74. The van der Waals surface area contributed by atoms with Crippen LogP contribution in [0, 0.1) is 5.92 Å². The molecule has 26 heavy (non-hydrogen) atoms. The van der Waals surface area contributed by atoms with Crippen molar-refractivity contribution in [2.75, 3.05) is 39.5 Å². The van der Waals surface area contributed by atoms with Gasteiger partial charge in [-0.1, -0.05) is 13.0 Å². The Kier molecular flexibility index (Phi) is 5.05. The fraction of sp³-hybridized carbons (Fsp3) is 0.650. The maximum atomic E-state index is 11.9. The molecule has 0 amide bonds. The lowest BCUT2D eigenvalue weighted by molar-refractivity contribution is -0.141. The summed E-state index contributed by atoms with van der Waals surface area (Å²) < 4.78 is 10.9. The number of piperidine rings is 1. The normalized spacial score (nSPS) is 27.1. The van der Waals surface area contributed by atoms with Crippen LogP contribution in [-0.4, -0.2) is 66.4 Å². The maximum absolute atomic E-state index is 11.9. The second-order valence-electron chi connectivity index (χ2n) is 7.69. The van der Waals surface area contributed by atoms with Gasteiger partial charge in [-0.3, -0.25) is 9.69 Å². The Balaban J connectivity index is 1.47. The lowest BCUT2D eigenvalue weighted by Gasteiger charge is -2.36. The molecule has 1 N–H and O–H groups in total. The van der Waals surface area contributed by atoms with Crippen LogP contribution in [0.3, 0.4) is 0 Å². The summed E-state index contributed by atoms with van der Waals surface area (Å²) in [6.45, 7) is 7.35. The minimum absolute atomic E-state index is 0.00988. The van der Waals surface area contributed by atoms with Crippen LogP contribution in [0.5, 0.6) is 11.5 Å². The number of carboxylic acids is 1. The van der Waals surface area contributed by atoms with Gasteiger partial charge < -0.3 is 19.5 Å². The third kappa shape index (κ3) is 3.40. The molecule has 2 fully saturated rings. The zero-order valence-electron chi connectivity index (χ0n) is 15.4. The second-order valence-corrected chi connectivity index (χ2v) is 7.69. The number of aliphatic carboxylic acids is 1. The van der Waals surface area contributed by atoms with Crippen LogP contribution in [0.1, 0.15) is 37.7 Å². The molecular formula is C20H28N2O4. The summed E-state index contributed by atoms with van der Waals surface area (Å²) in [5.41, 5.74) is 1.05. The molecule has 0 spiro atoms. The van der Waals surface area contributed by atoms with E-state index in [1.54, 1.807) is 0 Å². The molecule has 3 heterocycles. The highest BCUT2D eigenvalue weighted by Gasteiger charge is 2.41. The van der Waals surface area contributed by atoms with Crippen molar-refractivity contribution in [3.8, 4) is 11.5 Å². The number of hydrogen-bond donors (Lipinski definition) is 1. The van der Waals surface area contributed by atoms with Crippen LogP contribution >= 0.6 is 0 Å². The molecule has 6 heteroatoms. The van der Waals surface area contributed by atoms with E-state index in [0.29, 0.717) is 12.6 Å². The topological polar surface area (TPSA) is 62.2 Å². The van der Waals surface area contributed by atoms with Crippen LogP contribution in [0.4, 0.5) is 0 Å². The van der Waals surface area contributed by atoms with Crippen molar-refractivity contribution in [2.45, 2.75) is 38.1 Å². The number of carbonyl (C=O) groups is 1. The first-order chi connectivity index (χ1) is 12.7. The number of fused-ring (bicyclic) bond motifs is 1. The second kappa shape index (κ2) is 7.45. The lowest BCUT2D eigenvalue weighted by atomic mass is 9.89. The van der Waals surface area contributed by atoms with Gasteiger partial charge in [0, 0.05) is 25.0 Å². The van der Waals surface area contributed by atoms with Crippen molar-refractivity contribution < 1.29 is 19.4 Å². The number of benzene rings is 1. The molecule has 6 nitrogen and oxygen atoms in total. The third-order valence-corrected chi connectivity index (χ3v) is 6.10. The summed E-state index contributed by atoms with van der Waals surface area (Å²) in [7, 11) is 0. The van der Waals surface area contributed by atoms with Gasteiger partial charge in [-0.15, -0.1) is 0 Å². The number of ether oxygens (including phenoxy) is 2. The first kappa shape index (κ1) is 17.6. The Labute approximate surface area is 154 Å². The summed E-state index contributed by atoms with van der Waals surface area (Å²) in [6.07, 6.45) is 3.47. The predicted molar refractivity (Wildman–Crippen MR) is 97.8 cm³/mol. The first-order valence-electron chi connectivity index (χ1n) is 9.74. The maximum Gasteiger partial charge on any atom is 0.308 e. The number of nitrogens with zero attached hydrogens (tertiary/aromatic N) is 2. The largest absolute Gasteiger partial charge is 0.481 e. The van der Waals surface area contributed by atoms with Crippen molar-refractivity contribution in [1.82, 2.24) is 9.80 Å². The van der Waals surface area contributed by atoms with Crippen molar-refractivity contribution in [2.24, 2.45) is 5.92 Å². The van der Waals surface area contributed by atoms with Gasteiger partial charge in [0.05, 0.1) is 5.92 Å². The highest BCUT2D eigenvalue weighted by Crippen LogP contribution is 2.40. The van der Waals surface area contributed by atoms with Gasteiger partial charge >= 0.3 is 5.97 Å². The molecule has 142 valence electrons. The van der Waals surface area contributed by atoms with E-state index in [2.05, 4.69) is 16.7 Å². The summed E-state index contributed by atoms with van der Waals surface area (Å²) >= 11 is 0. The van der Waals surface area contributed by atoms with Gasteiger partial charge in [0.1, 0.15) is 0 Å². The molecule has 1 aromatic carbocycles. The minimum Gasteiger partial charge on any atom is -0.481 e. The number of rotatable bonds is 5. The Morgan fingerprint density at radius 3 is 2.69 bits per heavy atom. The Hall–Kier alpha value is -1.79. The predicted octanol–water partition coefficient (Wildman–Crippen LogP) is 2.39. The molecule has 2 saturated heterocycles. The minimum atomic E-state index is -0.696. The smallest absolute Gasteiger partial charge is 0.308 e. The molecule has 1 aromatic rings. The highest BCUT2D eigenvalue weighted by atomic mass is 16.7. The van der Waals surface area contributed by atoms with Gasteiger partial charge in [0.25, 0.3) is 0 Å². The molecule has 0 saturated carbocycles. The van der Waals surface area contributed by atoms with Crippen molar-refractivity contribution >= 4 is 5.97 Å². The fourth-order valence-electron chi connectivity index (χ4n) is 4.69. The Morgan fingerprint density at radius 2 is 1.96 bits per heavy atom. The zero-order valence-corrected chi connectivity index (χ0v) is 15.4. The van der Waals surface area contributed by atoms with Crippen molar-refractivity contribution in [3.63, 3.8) is 0 Å². The third-order valence-electron chi connectivity index (χ3n) is 6.10. The van der Waals surface area contributed by atoms with E-state index in [1.807, 2.05) is 18.2 Å². The van der Waals surface area contributed by atoms with Crippen LogP contribution in [0.25, 0.3) is 0 Å². The summed E-state index contributed by atoms with van der Waals surface area (Å²) in [5, 5.41) is 9.78. The quantitative estimate of drug-likeness (QED) is 0.870. The average molecular weight is 360 g/mol. The van der Waals surface area contributed by atoms with Gasteiger partial charge in [-0.25, -0.2) is 0 Å². The van der Waals surface area contributed by atoms with Gasteiger partial charge in [0.2, 0.25) is 6.79 Å². The van der Waals surface area contributed by atoms with E-state index in [0.717, 1.165) is 49.5 Å². The van der Waals surface area contributed by atoms with Crippen LogP contribution in [0.15, 0.2) is 18.2 Å². The molecule has 0 radical (unpaired) electrons. The summed E-state index contributed by atoms with van der Waals surface area (Å²) in [4.78, 5) is 16.8. The standard InChI is InChI=1S/C20H28N2O4/c1-2-7-21-8-5-15(6-9-21)22-11-16(17(12-22)20(23)24)14-3-4-18-19(10-14)26-13-25-18/h3-4,10,15-17H,2,5-9,11-13H2,1H3,(H,23,24)/t16-,17+/m1/s1. The number of hydrogen-bond acceptors (Lipinski definition) is 5. The van der Waals surface area contributed by atoms with Crippen LogP contribution < -0.4 is 9.47 Å². The van der Waals surface area contributed by atoms with Gasteiger partial charge in [-0.05, 0) is 56.6 Å². The summed E-state index contributed by atoms with van der Waals surface area (Å²) in [6, 6.07) is 6.38. The van der Waals surface area contributed by atoms with E-state index in [-0.39, 0.29) is 18.6 Å². The van der Waals surface area contributed by atoms with E-state index in [4.69, 9.17) is 9.47 Å². The molecule has 0 aliphatic carbocycles. The molecule has 0 aromatic heterocycles. The molecule has 3 aliphatic heterocycles. The molecule has 2 atom stereocenters. The van der Waals surface area contributed by atoms with E-state index >= 15 is 0 Å². The number of carboxylic acid groups (broad SMARTS) is 1. The van der Waals surface area contributed by atoms with Crippen LogP contribution in [0.2, 0.25) is 0 Å². The SMILES string of the molecule is CCCN1CCC(N2C[C@H](C(=O)O)[C@@H](c3ccc4c(c3)OCO4)C2)CC1. The number of likely N-dealkylation sites (tertiary alicyclic amines) is 2. The fourth-order valence-corrected chi connectivity index (χ4v) is 4.69. The molecule has 0 unspecified atom stereocenters. The van der Waals surface area contributed by atoms with E-state index < -0.39 is 5.97 Å². The highest BCUT2D eigenvalue weighted by molar-refractivity contribution is 5.72. The van der Waals surface area contributed by atoms with E-state index in [9.17, 15) is 9.90 Å². The van der Waals surface area contributed by atoms with Crippen LogP contribution in [-0.2, 0) is 4.79 Å². The molecule has 3 aliphatic rings. The molecule has 4 rings (SSSR count). The molecule has 0 bridgehead atoms. The van der Waals surface area contributed by atoms with Crippen molar-refractivity contribution in [1.29, 1.82) is 0 Å². The average Bonchev–Trinajstić information content (AvgIpc) is 3.29. The zero-order chi connectivity index (χ0) is 18.1. The Bertz CT molecular complexity index is 657. The Morgan fingerprint density at radius 1 is 1.19 bits per heavy atom. The van der Waals surface area contributed by atoms with Gasteiger partial charge in [-0.2, -0.15) is 0 Å². The monoisotopic (exact) mass is 360 g/mol. The lowest BCUT2D eigenvalue weighted by Crippen LogP contribution is -2.44. The summed E-state index contributed by atoms with van der Waals surface area (Å²) in [5.74, 6) is 0.440. The van der Waals surface area contributed by atoms with Gasteiger partial charge in [0.15, 0.2) is 11.5 Å². The van der Waals surface area contributed by atoms with Crippen molar-refractivity contribution in [3.05, 3.63) is 23.8 Å². The van der Waals surface area contributed by atoms with E-state index in [1.165, 1.54) is 13.0 Å². The molecular weight excluding hydrogens is 332 g/mol.